The van der Waals surface area contributed by atoms with E-state index in [-0.39, 0.29) is 6.04 Å². The van der Waals surface area contributed by atoms with Crippen LogP contribution in [0.25, 0.3) is 0 Å². The standard InChI is InChI=1S/C8H18BNO2/c1-2-5-8(10)6-3-4-7-9(11)12/h2,8,11-12H,1,3-7,10H2/t8-/m1/s1. The minimum absolute atomic E-state index is 0.179. The second-order valence-corrected chi connectivity index (χ2v) is 3.05. The lowest BCUT2D eigenvalue weighted by Gasteiger charge is -2.07. The number of hydrogen-bond donors (Lipinski definition) is 3. The molecule has 0 aliphatic rings. The minimum atomic E-state index is -1.17. The molecule has 0 heterocycles. The fraction of sp³-hybridized carbons (Fsp3) is 0.750. The molecule has 1 atom stereocenters. The van der Waals surface area contributed by atoms with Crippen molar-refractivity contribution in [1.29, 1.82) is 0 Å². The molecule has 0 amide bonds. The summed E-state index contributed by atoms with van der Waals surface area (Å²) in [6.07, 6.45) is 5.79. The van der Waals surface area contributed by atoms with Gasteiger partial charge in [-0.2, -0.15) is 0 Å². The van der Waals surface area contributed by atoms with E-state index in [1.165, 1.54) is 0 Å². The first kappa shape index (κ1) is 11.7. The lowest BCUT2D eigenvalue weighted by atomic mass is 9.83. The molecule has 0 bridgehead atoms. The third-order valence-electron chi connectivity index (χ3n) is 1.76. The van der Waals surface area contributed by atoms with Crippen LogP contribution in [0.2, 0.25) is 6.32 Å². The topological polar surface area (TPSA) is 66.5 Å². The first-order valence-corrected chi connectivity index (χ1v) is 4.39. The molecule has 0 spiro atoms. The van der Waals surface area contributed by atoms with E-state index < -0.39 is 7.12 Å². The minimum Gasteiger partial charge on any atom is -0.427 e. The normalized spacial score (nSPS) is 12.6. The van der Waals surface area contributed by atoms with Crippen molar-refractivity contribution in [2.45, 2.75) is 38.0 Å². The van der Waals surface area contributed by atoms with Crippen LogP contribution < -0.4 is 5.73 Å². The molecule has 0 rings (SSSR count). The summed E-state index contributed by atoms with van der Waals surface area (Å²) >= 11 is 0. The molecule has 4 N–H and O–H groups in total. The van der Waals surface area contributed by atoms with E-state index >= 15 is 0 Å². The Hall–Kier alpha value is -0.315. The van der Waals surface area contributed by atoms with Gasteiger partial charge < -0.3 is 15.8 Å². The van der Waals surface area contributed by atoms with Gasteiger partial charge in [-0.25, -0.2) is 0 Å². The molecule has 0 saturated carbocycles. The molecule has 0 aromatic carbocycles. The van der Waals surface area contributed by atoms with Crippen molar-refractivity contribution in [1.82, 2.24) is 0 Å². The molecule has 0 aromatic heterocycles. The molecule has 0 fully saturated rings. The van der Waals surface area contributed by atoms with E-state index in [4.69, 9.17) is 15.8 Å². The van der Waals surface area contributed by atoms with Gasteiger partial charge in [-0.05, 0) is 19.2 Å². The highest BCUT2D eigenvalue weighted by Crippen LogP contribution is 2.05. The van der Waals surface area contributed by atoms with Crippen LogP contribution in [0.4, 0.5) is 0 Å². The fourth-order valence-electron chi connectivity index (χ4n) is 1.07. The Morgan fingerprint density at radius 1 is 1.42 bits per heavy atom. The van der Waals surface area contributed by atoms with Gasteiger partial charge in [0, 0.05) is 6.04 Å². The summed E-state index contributed by atoms with van der Waals surface area (Å²) in [6.45, 7) is 3.60. The molecule has 0 aliphatic carbocycles. The molecule has 0 aromatic rings. The van der Waals surface area contributed by atoms with Gasteiger partial charge in [0.15, 0.2) is 0 Å². The summed E-state index contributed by atoms with van der Waals surface area (Å²) in [5.74, 6) is 0. The fourth-order valence-corrected chi connectivity index (χ4v) is 1.07. The maximum Gasteiger partial charge on any atom is 0.451 e. The van der Waals surface area contributed by atoms with E-state index in [2.05, 4.69) is 6.58 Å². The Morgan fingerprint density at radius 3 is 2.58 bits per heavy atom. The molecule has 0 unspecified atom stereocenters. The summed E-state index contributed by atoms with van der Waals surface area (Å²) in [7, 11) is -1.17. The van der Waals surface area contributed by atoms with Gasteiger partial charge in [0.25, 0.3) is 0 Å². The number of rotatable bonds is 7. The van der Waals surface area contributed by atoms with Crippen LogP contribution in [0.3, 0.4) is 0 Å². The first-order chi connectivity index (χ1) is 5.66. The van der Waals surface area contributed by atoms with Crippen LogP contribution in [0.5, 0.6) is 0 Å². The largest absolute Gasteiger partial charge is 0.451 e. The Labute approximate surface area is 74.4 Å². The van der Waals surface area contributed by atoms with Crippen LogP contribution in [0.1, 0.15) is 25.7 Å². The summed E-state index contributed by atoms with van der Waals surface area (Å²) in [5.41, 5.74) is 5.70. The highest BCUT2D eigenvalue weighted by Gasteiger charge is 2.06. The zero-order valence-electron chi connectivity index (χ0n) is 7.45. The Balaban J connectivity index is 3.13. The van der Waals surface area contributed by atoms with E-state index in [1.807, 2.05) is 6.08 Å². The maximum absolute atomic E-state index is 8.53. The van der Waals surface area contributed by atoms with Gasteiger partial charge >= 0.3 is 7.12 Å². The highest BCUT2D eigenvalue weighted by molar-refractivity contribution is 6.40. The van der Waals surface area contributed by atoms with Crippen LogP contribution in [0.15, 0.2) is 12.7 Å². The quantitative estimate of drug-likeness (QED) is 0.297. The summed E-state index contributed by atoms with van der Waals surface area (Å²) in [5, 5.41) is 17.1. The Bertz CT molecular complexity index is 120. The molecule has 0 radical (unpaired) electrons. The smallest absolute Gasteiger partial charge is 0.427 e. The lowest BCUT2D eigenvalue weighted by molar-refractivity contribution is 0.400. The SMILES string of the molecule is C=CC[C@@H](N)CCCCB(O)O. The third-order valence-corrected chi connectivity index (χ3v) is 1.76. The second-order valence-electron chi connectivity index (χ2n) is 3.05. The van der Waals surface area contributed by atoms with Gasteiger partial charge in [-0.15, -0.1) is 6.58 Å². The average Bonchev–Trinajstić information content (AvgIpc) is 1.98. The molecular weight excluding hydrogens is 153 g/mol. The molecular formula is C8H18BNO2. The number of hydrogen-bond acceptors (Lipinski definition) is 3. The van der Waals surface area contributed by atoms with Gasteiger partial charge in [0.1, 0.15) is 0 Å². The predicted molar refractivity (Wildman–Crippen MR) is 51.6 cm³/mol. The van der Waals surface area contributed by atoms with E-state index in [0.717, 1.165) is 25.7 Å². The maximum atomic E-state index is 8.53. The summed E-state index contributed by atoms with van der Waals surface area (Å²) in [4.78, 5) is 0. The molecule has 0 aliphatic heterocycles. The van der Waals surface area contributed by atoms with Gasteiger partial charge in [-0.1, -0.05) is 18.9 Å². The predicted octanol–water partition coefficient (Wildman–Crippen LogP) is 0.533. The van der Waals surface area contributed by atoms with Crippen LogP contribution in [0, 0.1) is 0 Å². The second kappa shape index (κ2) is 7.34. The zero-order chi connectivity index (χ0) is 9.40. The van der Waals surface area contributed by atoms with Gasteiger partial charge in [0.2, 0.25) is 0 Å². The average molecular weight is 171 g/mol. The highest BCUT2D eigenvalue weighted by atomic mass is 16.4. The summed E-state index contributed by atoms with van der Waals surface area (Å²) in [6, 6.07) is 0.179. The first-order valence-electron chi connectivity index (χ1n) is 4.39. The van der Waals surface area contributed by atoms with Crippen LogP contribution >= 0.6 is 0 Å². The Morgan fingerprint density at radius 2 is 2.08 bits per heavy atom. The van der Waals surface area contributed by atoms with E-state index in [9.17, 15) is 0 Å². The third kappa shape index (κ3) is 7.79. The molecule has 0 saturated heterocycles. The van der Waals surface area contributed by atoms with Crippen molar-refractivity contribution < 1.29 is 10.0 Å². The van der Waals surface area contributed by atoms with Crippen molar-refractivity contribution >= 4 is 7.12 Å². The van der Waals surface area contributed by atoms with Crippen molar-refractivity contribution in [3.05, 3.63) is 12.7 Å². The van der Waals surface area contributed by atoms with E-state index in [0.29, 0.717) is 6.32 Å². The molecule has 70 valence electrons. The van der Waals surface area contributed by atoms with Crippen LogP contribution in [-0.4, -0.2) is 23.2 Å². The zero-order valence-corrected chi connectivity index (χ0v) is 7.45. The summed E-state index contributed by atoms with van der Waals surface area (Å²) < 4.78 is 0. The van der Waals surface area contributed by atoms with Gasteiger partial charge in [-0.3, -0.25) is 0 Å². The number of unbranched alkanes of at least 4 members (excludes halogenated alkanes) is 1. The lowest BCUT2D eigenvalue weighted by Crippen LogP contribution is -2.18. The van der Waals surface area contributed by atoms with Gasteiger partial charge in [0.05, 0.1) is 0 Å². The van der Waals surface area contributed by atoms with Crippen LogP contribution in [-0.2, 0) is 0 Å². The van der Waals surface area contributed by atoms with Crippen molar-refractivity contribution in [2.75, 3.05) is 0 Å². The Kier molecular flexibility index (Phi) is 7.15. The van der Waals surface area contributed by atoms with Crippen molar-refractivity contribution in [2.24, 2.45) is 5.73 Å². The monoisotopic (exact) mass is 171 g/mol. The molecule has 3 nitrogen and oxygen atoms in total. The molecule has 4 heteroatoms. The van der Waals surface area contributed by atoms with Crippen molar-refractivity contribution in [3.8, 4) is 0 Å². The number of nitrogens with two attached hydrogens (primary N) is 1. The molecule has 12 heavy (non-hydrogen) atoms. The van der Waals surface area contributed by atoms with E-state index in [1.54, 1.807) is 0 Å². The van der Waals surface area contributed by atoms with Crippen molar-refractivity contribution in [3.63, 3.8) is 0 Å².